The van der Waals surface area contributed by atoms with Gasteiger partial charge in [0, 0.05) is 0 Å². The van der Waals surface area contributed by atoms with Crippen LogP contribution < -0.4 is 0 Å². The van der Waals surface area contributed by atoms with Gasteiger partial charge in [-0.1, -0.05) is 33.6 Å². The minimum Gasteiger partial charge on any atom is -0.333 e. The maximum absolute atomic E-state index is 6.96. The molecule has 4 heteroatoms. The van der Waals surface area contributed by atoms with Crippen molar-refractivity contribution in [2.75, 3.05) is 6.54 Å². The predicted molar refractivity (Wildman–Crippen MR) is 80.0 cm³/mol. The van der Waals surface area contributed by atoms with E-state index in [9.17, 15) is 0 Å². The fourth-order valence-corrected chi connectivity index (χ4v) is 16.4. The summed E-state index contributed by atoms with van der Waals surface area (Å²) in [5, 5.41) is 0. The molecule has 96 valence electrons. The quantitative estimate of drug-likeness (QED) is 0.528. The van der Waals surface area contributed by atoms with Crippen molar-refractivity contribution >= 4 is 26.9 Å². The van der Waals surface area contributed by atoms with Crippen molar-refractivity contribution in [3.05, 3.63) is 0 Å². The predicted octanol–water partition coefficient (Wildman–Crippen LogP) is 4.79. The summed E-state index contributed by atoms with van der Waals surface area (Å²) in [4.78, 5) is 0. The standard InChI is InChI=1S/C12H28ClNSi2/c1-5-16(6-2,7-3)14-11-9-8-10-12-15(14,4)13/h5-12H2,1-4H3. The van der Waals surface area contributed by atoms with Crippen LogP contribution in [0.5, 0.6) is 0 Å². The molecule has 0 spiro atoms. The summed E-state index contributed by atoms with van der Waals surface area (Å²) in [5.74, 6) is 0. The Balaban J connectivity index is 2.95. The summed E-state index contributed by atoms with van der Waals surface area (Å²) in [6.45, 7) is 10.9. The lowest BCUT2D eigenvalue weighted by atomic mass is 10.3. The van der Waals surface area contributed by atoms with Crippen molar-refractivity contribution in [3.63, 3.8) is 0 Å². The third-order valence-corrected chi connectivity index (χ3v) is 17.1. The van der Waals surface area contributed by atoms with E-state index in [-0.39, 0.29) is 0 Å². The summed E-state index contributed by atoms with van der Waals surface area (Å²) < 4.78 is 2.88. The minimum atomic E-state index is -1.60. The monoisotopic (exact) mass is 277 g/mol. The molecule has 1 rings (SSSR count). The average molecular weight is 278 g/mol. The number of hydrogen-bond donors (Lipinski definition) is 0. The van der Waals surface area contributed by atoms with E-state index in [1.54, 1.807) is 0 Å². The molecular formula is C12H28ClNSi2. The third kappa shape index (κ3) is 2.92. The van der Waals surface area contributed by atoms with Crippen LogP contribution in [0.4, 0.5) is 0 Å². The second kappa shape index (κ2) is 6.03. The molecule has 1 fully saturated rings. The van der Waals surface area contributed by atoms with Crippen LogP contribution in [0.15, 0.2) is 0 Å². The molecule has 1 unspecified atom stereocenters. The van der Waals surface area contributed by atoms with Crippen LogP contribution in [-0.4, -0.2) is 26.6 Å². The molecule has 0 aromatic rings. The van der Waals surface area contributed by atoms with Gasteiger partial charge in [-0.25, -0.2) is 0 Å². The van der Waals surface area contributed by atoms with Gasteiger partial charge < -0.3 is 4.23 Å². The molecule has 0 amide bonds. The molecular weight excluding hydrogens is 250 g/mol. The zero-order chi connectivity index (χ0) is 12.2. The number of rotatable bonds is 4. The highest BCUT2D eigenvalue weighted by molar-refractivity contribution is 7.21. The van der Waals surface area contributed by atoms with Crippen molar-refractivity contribution in [1.29, 1.82) is 0 Å². The zero-order valence-electron chi connectivity index (χ0n) is 11.5. The smallest absolute Gasteiger partial charge is 0.219 e. The van der Waals surface area contributed by atoms with E-state index in [0.29, 0.717) is 0 Å². The van der Waals surface area contributed by atoms with Gasteiger partial charge in [0.25, 0.3) is 0 Å². The molecule has 1 aliphatic rings. The first-order valence-corrected chi connectivity index (χ1v) is 13.2. The second-order valence-corrected chi connectivity index (χ2v) is 16.7. The number of nitrogens with zero attached hydrogens (tertiary/aromatic N) is 1. The Kier molecular flexibility index (Phi) is 5.56. The van der Waals surface area contributed by atoms with Gasteiger partial charge in [0.1, 0.15) is 8.24 Å². The summed E-state index contributed by atoms with van der Waals surface area (Å²) in [6.07, 6.45) is 4.14. The highest BCUT2D eigenvalue weighted by Gasteiger charge is 2.45. The van der Waals surface area contributed by atoms with E-state index in [1.807, 2.05) is 0 Å². The van der Waals surface area contributed by atoms with Crippen molar-refractivity contribution in [1.82, 2.24) is 4.23 Å². The summed E-state index contributed by atoms with van der Waals surface area (Å²) in [7, 11) is -2.82. The van der Waals surface area contributed by atoms with Crippen LogP contribution in [-0.2, 0) is 0 Å². The zero-order valence-corrected chi connectivity index (χ0v) is 14.2. The van der Waals surface area contributed by atoms with Crippen LogP contribution in [0.2, 0.25) is 30.7 Å². The van der Waals surface area contributed by atoms with E-state index in [4.69, 9.17) is 11.1 Å². The first-order chi connectivity index (χ1) is 7.52. The fraction of sp³-hybridized carbons (Fsp3) is 1.00. The molecule has 1 aliphatic heterocycles. The normalized spacial score (nSPS) is 29.1. The van der Waals surface area contributed by atoms with Crippen LogP contribution in [0.3, 0.4) is 0 Å². The first-order valence-electron chi connectivity index (χ1n) is 6.99. The summed E-state index contributed by atoms with van der Waals surface area (Å²) in [5.41, 5.74) is 0. The molecule has 0 N–H and O–H groups in total. The van der Waals surface area contributed by atoms with Gasteiger partial charge in [0.05, 0.1) is 0 Å². The lowest BCUT2D eigenvalue weighted by Gasteiger charge is -2.47. The third-order valence-electron chi connectivity index (χ3n) is 4.62. The van der Waals surface area contributed by atoms with E-state index in [2.05, 4.69) is 31.5 Å². The van der Waals surface area contributed by atoms with E-state index in [1.165, 1.54) is 50.0 Å². The van der Waals surface area contributed by atoms with Gasteiger partial charge in [-0.15, -0.1) is 11.1 Å². The SMILES string of the molecule is CC[Si](CC)(CC)N1CCCCC[Si]1(C)Cl. The maximum atomic E-state index is 6.96. The fourth-order valence-electron chi connectivity index (χ4n) is 3.32. The van der Waals surface area contributed by atoms with Crippen LogP contribution >= 0.6 is 11.1 Å². The maximum Gasteiger partial charge on any atom is 0.219 e. The van der Waals surface area contributed by atoms with Gasteiger partial charge in [0.15, 0.2) is 0 Å². The number of hydrogen-bond acceptors (Lipinski definition) is 1. The van der Waals surface area contributed by atoms with Gasteiger partial charge in [-0.05, 0) is 43.7 Å². The Bertz CT molecular complexity index is 209. The molecule has 0 aromatic heterocycles. The van der Waals surface area contributed by atoms with Crippen molar-refractivity contribution in [2.24, 2.45) is 0 Å². The van der Waals surface area contributed by atoms with Crippen LogP contribution in [0, 0.1) is 0 Å². The van der Waals surface area contributed by atoms with Crippen molar-refractivity contribution in [2.45, 2.75) is 70.8 Å². The largest absolute Gasteiger partial charge is 0.333 e. The van der Waals surface area contributed by atoms with E-state index < -0.39 is 15.8 Å². The molecule has 16 heavy (non-hydrogen) atoms. The van der Waals surface area contributed by atoms with Crippen LogP contribution in [0.25, 0.3) is 0 Å². The second-order valence-electron chi connectivity index (χ2n) is 5.39. The highest BCUT2D eigenvalue weighted by Crippen LogP contribution is 2.36. The minimum absolute atomic E-state index is 1.22. The lowest BCUT2D eigenvalue weighted by Crippen LogP contribution is -2.62. The molecule has 0 radical (unpaired) electrons. The van der Waals surface area contributed by atoms with Gasteiger partial charge in [0.2, 0.25) is 7.55 Å². The highest BCUT2D eigenvalue weighted by atomic mass is 35.6. The summed E-state index contributed by atoms with van der Waals surface area (Å²) in [6, 6.07) is 5.46. The van der Waals surface area contributed by atoms with Gasteiger partial charge >= 0.3 is 0 Å². The van der Waals surface area contributed by atoms with E-state index in [0.717, 1.165) is 0 Å². The average Bonchev–Trinajstić information content (AvgIpc) is 2.44. The molecule has 1 atom stereocenters. The van der Waals surface area contributed by atoms with Crippen LogP contribution in [0.1, 0.15) is 40.0 Å². The molecule has 1 saturated heterocycles. The van der Waals surface area contributed by atoms with Gasteiger partial charge in [-0.2, -0.15) is 0 Å². The summed E-state index contributed by atoms with van der Waals surface area (Å²) >= 11 is 6.96. The molecule has 0 saturated carbocycles. The van der Waals surface area contributed by atoms with E-state index >= 15 is 0 Å². The first kappa shape index (κ1) is 14.7. The van der Waals surface area contributed by atoms with Gasteiger partial charge in [-0.3, -0.25) is 0 Å². The molecule has 1 heterocycles. The Labute approximate surface area is 108 Å². The Morgan fingerprint density at radius 1 is 1.06 bits per heavy atom. The Hall–Kier alpha value is 0.684. The van der Waals surface area contributed by atoms with Crippen molar-refractivity contribution < 1.29 is 0 Å². The molecule has 1 nitrogen and oxygen atoms in total. The molecule has 0 bridgehead atoms. The number of halogens is 1. The lowest BCUT2D eigenvalue weighted by molar-refractivity contribution is 0.577. The molecule has 0 aromatic carbocycles. The Morgan fingerprint density at radius 3 is 2.12 bits per heavy atom. The molecule has 0 aliphatic carbocycles. The topological polar surface area (TPSA) is 3.24 Å². The Morgan fingerprint density at radius 2 is 1.62 bits per heavy atom. The van der Waals surface area contributed by atoms with Crippen molar-refractivity contribution in [3.8, 4) is 0 Å².